The lowest BCUT2D eigenvalue weighted by molar-refractivity contribution is -0.123. The number of aromatic nitrogens is 2. The molecule has 0 aromatic carbocycles. The van der Waals surface area contributed by atoms with Crippen molar-refractivity contribution in [3.63, 3.8) is 0 Å². The van der Waals surface area contributed by atoms with Crippen LogP contribution in [-0.4, -0.2) is 27.8 Å². The van der Waals surface area contributed by atoms with Crippen LogP contribution >= 0.6 is 11.3 Å². The Balaban J connectivity index is 1.85. The van der Waals surface area contributed by atoms with E-state index in [4.69, 9.17) is 0 Å². The van der Waals surface area contributed by atoms with E-state index in [1.165, 1.54) is 0 Å². The molecule has 3 amide bonds. The summed E-state index contributed by atoms with van der Waals surface area (Å²) < 4.78 is 1.72. The lowest BCUT2D eigenvalue weighted by atomic mass is 10.2. The van der Waals surface area contributed by atoms with Crippen LogP contribution in [0.4, 0.5) is 10.6 Å². The smallest absolute Gasteiger partial charge is 0.321 e. The third-order valence-electron chi connectivity index (χ3n) is 3.44. The predicted octanol–water partition coefficient (Wildman–Crippen LogP) is 2.57. The first kappa shape index (κ1) is 18.0. The second-order valence-corrected chi connectivity index (χ2v) is 6.33. The summed E-state index contributed by atoms with van der Waals surface area (Å²) in [6.45, 7) is 5.09. The van der Waals surface area contributed by atoms with Crippen LogP contribution in [0.1, 0.15) is 31.6 Å². The van der Waals surface area contributed by atoms with Crippen LogP contribution in [0, 0.1) is 0 Å². The summed E-state index contributed by atoms with van der Waals surface area (Å²) in [5.41, 5.74) is 0. The third-order valence-corrected chi connectivity index (χ3v) is 4.32. The number of urea groups is 1. The molecule has 7 nitrogen and oxygen atoms in total. The highest BCUT2D eigenvalue weighted by atomic mass is 32.1. The Morgan fingerprint density at radius 2 is 2.17 bits per heavy atom. The van der Waals surface area contributed by atoms with Gasteiger partial charge in [-0.05, 0) is 24.3 Å². The van der Waals surface area contributed by atoms with Gasteiger partial charge in [-0.15, -0.1) is 11.3 Å². The lowest BCUT2D eigenvalue weighted by Gasteiger charge is -2.17. The molecule has 0 aliphatic carbocycles. The number of anilines is 1. The van der Waals surface area contributed by atoms with Crippen LogP contribution in [0.2, 0.25) is 0 Å². The Labute approximate surface area is 145 Å². The fourth-order valence-electron chi connectivity index (χ4n) is 2.20. The average Bonchev–Trinajstić information content (AvgIpc) is 3.23. The van der Waals surface area contributed by atoms with Gasteiger partial charge in [-0.3, -0.25) is 10.1 Å². The van der Waals surface area contributed by atoms with Gasteiger partial charge >= 0.3 is 6.03 Å². The quantitative estimate of drug-likeness (QED) is 0.684. The van der Waals surface area contributed by atoms with Gasteiger partial charge in [0.2, 0.25) is 5.91 Å². The minimum atomic E-state index is -0.576. The first-order valence-electron chi connectivity index (χ1n) is 8.03. The molecule has 0 spiro atoms. The number of nitrogens with zero attached hydrogens (tertiary/aromatic N) is 2. The number of hydrogen-bond donors (Lipinski definition) is 3. The number of carbonyl (C=O) groups excluding carboxylic acids is 2. The van der Waals surface area contributed by atoms with Crippen LogP contribution in [0.5, 0.6) is 0 Å². The number of aryl methyl sites for hydroxylation is 1. The second-order valence-electron chi connectivity index (χ2n) is 5.30. The van der Waals surface area contributed by atoms with Crippen molar-refractivity contribution in [2.24, 2.45) is 0 Å². The van der Waals surface area contributed by atoms with Crippen molar-refractivity contribution in [3.05, 3.63) is 34.7 Å². The van der Waals surface area contributed by atoms with E-state index in [0.29, 0.717) is 18.8 Å². The van der Waals surface area contributed by atoms with Crippen molar-refractivity contribution in [2.75, 3.05) is 5.32 Å². The predicted molar refractivity (Wildman–Crippen MR) is 94.9 cm³/mol. The van der Waals surface area contributed by atoms with Gasteiger partial charge < -0.3 is 10.6 Å². The number of rotatable bonds is 8. The van der Waals surface area contributed by atoms with Crippen LogP contribution in [-0.2, 0) is 17.9 Å². The van der Waals surface area contributed by atoms with Crippen molar-refractivity contribution in [1.29, 1.82) is 0 Å². The number of thiophene rings is 1. The van der Waals surface area contributed by atoms with E-state index in [1.54, 1.807) is 28.3 Å². The molecule has 0 fully saturated rings. The molecule has 2 aromatic heterocycles. The van der Waals surface area contributed by atoms with Crippen molar-refractivity contribution >= 4 is 29.1 Å². The molecule has 2 heterocycles. The first-order valence-corrected chi connectivity index (χ1v) is 8.91. The largest absolute Gasteiger partial charge is 0.349 e. The number of hydrogen-bond acceptors (Lipinski definition) is 4. The summed E-state index contributed by atoms with van der Waals surface area (Å²) in [7, 11) is 0. The van der Waals surface area contributed by atoms with Gasteiger partial charge in [0.25, 0.3) is 0 Å². The molecule has 24 heavy (non-hydrogen) atoms. The highest BCUT2D eigenvalue weighted by Gasteiger charge is 2.19. The molecule has 0 bridgehead atoms. The maximum Gasteiger partial charge on any atom is 0.321 e. The fourth-order valence-corrected chi connectivity index (χ4v) is 2.85. The molecule has 0 radical (unpaired) electrons. The molecule has 2 aromatic rings. The molecule has 1 atom stereocenters. The zero-order chi connectivity index (χ0) is 17.4. The van der Waals surface area contributed by atoms with E-state index >= 15 is 0 Å². The zero-order valence-electron chi connectivity index (χ0n) is 13.9. The third kappa shape index (κ3) is 5.09. The summed E-state index contributed by atoms with van der Waals surface area (Å²) in [5, 5.41) is 14.4. The maximum absolute atomic E-state index is 12.2. The van der Waals surface area contributed by atoms with Gasteiger partial charge in [0.05, 0.1) is 12.7 Å². The summed E-state index contributed by atoms with van der Waals surface area (Å²) >= 11 is 1.58. The summed E-state index contributed by atoms with van der Waals surface area (Å²) in [4.78, 5) is 25.4. The summed E-state index contributed by atoms with van der Waals surface area (Å²) in [6.07, 6.45) is 3.06. The Morgan fingerprint density at radius 3 is 2.83 bits per heavy atom. The Morgan fingerprint density at radius 1 is 1.33 bits per heavy atom. The number of nitrogens with one attached hydrogen (secondary N) is 3. The molecule has 0 aliphatic heterocycles. The minimum Gasteiger partial charge on any atom is -0.349 e. The van der Waals surface area contributed by atoms with E-state index < -0.39 is 12.1 Å². The zero-order valence-corrected chi connectivity index (χ0v) is 14.7. The van der Waals surface area contributed by atoms with Crippen molar-refractivity contribution < 1.29 is 9.59 Å². The van der Waals surface area contributed by atoms with Crippen molar-refractivity contribution in [2.45, 2.75) is 45.8 Å². The van der Waals surface area contributed by atoms with Gasteiger partial charge in [-0.25, -0.2) is 9.48 Å². The maximum atomic E-state index is 12.2. The van der Waals surface area contributed by atoms with E-state index in [-0.39, 0.29) is 5.91 Å². The molecule has 0 aliphatic rings. The van der Waals surface area contributed by atoms with Crippen LogP contribution in [0.25, 0.3) is 0 Å². The SMILES string of the molecule is CCCn1nccc1NC(=O)NC(CC)C(=O)NCc1cccs1. The molecule has 0 saturated heterocycles. The van der Waals surface area contributed by atoms with Crippen molar-refractivity contribution in [1.82, 2.24) is 20.4 Å². The second kappa shape index (κ2) is 9.07. The number of carbonyl (C=O) groups is 2. The first-order chi connectivity index (χ1) is 11.6. The normalized spacial score (nSPS) is 11.8. The monoisotopic (exact) mass is 349 g/mol. The van der Waals surface area contributed by atoms with E-state index in [0.717, 1.165) is 17.8 Å². The standard InChI is InChI=1S/C16H23N5O2S/c1-3-9-21-14(7-8-18-21)20-16(23)19-13(4-2)15(22)17-11-12-6-5-10-24-12/h5-8,10,13H,3-4,9,11H2,1-2H3,(H,17,22)(H2,19,20,23). The molecule has 0 saturated carbocycles. The molecule has 130 valence electrons. The van der Waals surface area contributed by atoms with E-state index in [2.05, 4.69) is 21.0 Å². The number of amides is 3. The van der Waals surface area contributed by atoms with E-state index in [1.807, 2.05) is 31.4 Å². The Bertz CT molecular complexity index is 653. The minimum absolute atomic E-state index is 0.192. The van der Waals surface area contributed by atoms with Crippen LogP contribution in [0.3, 0.4) is 0 Å². The topological polar surface area (TPSA) is 88.1 Å². The van der Waals surface area contributed by atoms with Crippen molar-refractivity contribution in [3.8, 4) is 0 Å². The molecule has 8 heteroatoms. The highest BCUT2D eigenvalue weighted by molar-refractivity contribution is 7.09. The van der Waals surface area contributed by atoms with Gasteiger partial charge in [0.1, 0.15) is 11.9 Å². The van der Waals surface area contributed by atoms with Crippen LogP contribution in [0.15, 0.2) is 29.8 Å². The fraction of sp³-hybridized carbons (Fsp3) is 0.438. The van der Waals surface area contributed by atoms with Gasteiger partial charge in [-0.2, -0.15) is 5.10 Å². The lowest BCUT2D eigenvalue weighted by Crippen LogP contribution is -2.47. The van der Waals surface area contributed by atoms with Gasteiger partial charge in [-0.1, -0.05) is 19.9 Å². The molecular formula is C16H23N5O2S. The Hall–Kier alpha value is -2.35. The molecule has 2 rings (SSSR count). The molecule has 1 unspecified atom stereocenters. The Kier molecular flexibility index (Phi) is 6.80. The van der Waals surface area contributed by atoms with Gasteiger partial charge in [0, 0.05) is 17.5 Å². The summed E-state index contributed by atoms with van der Waals surface area (Å²) in [6, 6.07) is 4.64. The van der Waals surface area contributed by atoms with Crippen LogP contribution < -0.4 is 16.0 Å². The highest BCUT2D eigenvalue weighted by Crippen LogP contribution is 2.08. The van der Waals surface area contributed by atoms with Gasteiger partial charge in [0.15, 0.2) is 0 Å². The molecular weight excluding hydrogens is 326 g/mol. The summed E-state index contributed by atoms with van der Waals surface area (Å²) in [5.74, 6) is 0.423. The van der Waals surface area contributed by atoms with E-state index in [9.17, 15) is 9.59 Å². The average molecular weight is 349 g/mol. The molecule has 3 N–H and O–H groups in total.